The lowest BCUT2D eigenvalue weighted by atomic mass is 10.1. The molecule has 0 radical (unpaired) electrons. The van der Waals surface area contributed by atoms with Crippen LogP contribution in [-0.2, 0) is 27.9 Å². The second-order valence-corrected chi connectivity index (χ2v) is 4.58. The minimum absolute atomic E-state index is 0.00588. The molecule has 1 aromatic rings. The van der Waals surface area contributed by atoms with Crippen LogP contribution >= 0.6 is 0 Å². The van der Waals surface area contributed by atoms with Crippen molar-refractivity contribution in [3.63, 3.8) is 0 Å². The van der Waals surface area contributed by atoms with Crippen molar-refractivity contribution in [2.24, 2.45) is 13.0 Å². The minimum Gasteiger partial charge on any atom is -0.469 e. The van der Waals surface area contributed by atoms with Crippen LogP contribution in [-0.4, -0.2) is 40.2 Å². The third kappa shape index (κ3) is 2.23. The van der Waals surface area contributed by atoms with E-state index < -0.39 is 0 Å². The maximum absolute atomic E-state index is 11.8. The molecule has 1 saturated heterocycles. The number of hydrogen-bond acceptors (Lipinski definition) is 4. The van der Waals surface area contributed by atoms with Gasteiger partial charge in [-0.25, -0.2) is 0 Å². The van der Waals surface area contributed by atoms with Gasteiger partial charge in [-0.15, -0.1) is 0 Å². The molecular weight excluding hydrogens is 234 g/mol. The van der Waals surface area contributed by atoms with E-state index in [1.54, 1.807) is 15.8 Å². The fourth-order valence-corrected chi connectivity index (χ4v) is 2.15. The number of esters is 1. The van der Waals surface area contributed by atoms with Crippen LogP contribution in [0.5, 0.6) is 0 Å². The summed E-state index contributed by atoms with van der Waals surface area (Å²) < 4.78 is 6.45. The number of rotatable bonds is 3. The molecule has 1 amide bonds. The van der Waals surface area contributed by atoms with Crippen molar-refractivity contribution in [3.05, 3.63) is 17.5 Å². The Hall–Kier alpha value is -1.85. The Morgan fingerprint density at radius 1 is 1.61 bits per heavy atom. The third-order valence-electron chi connectivity index (χ3n) is 3.45. The van der Waals surface area contributed by atoms with Gasteiger partial charge in [-0.05, 0) is 6.92 Å². The lowest BCUT2D eigenvalue weighted by Gasteiger charge is -2.15. The van der Waals surface area contributed by atoms with Crippen molar-refractivity contribution < 1.29 is 14.3 Å². The van der Waals surface area contributed by atoms with E-state index in [4.69, 9.17) is 0 Å². The van der Waals surface area contributed by atoms with Gasteiger partial charge in [0.05, 0.1) is 19.2 Å². The maximum Gasteiger partial charge on any atom is 0.310 e. The summed E-state index contributed by atoms with van der Waals surface area (Å²) in [6.45, 7) is 2.90. The Bertz CT molecular complexity index is 481. The molecule has 2 heterocycles. The van der Waals surface area contributed by atoms with Crippen LogP contribution in [0.1, 0.15) is 17.7 Å². The molecule has 0 aromatic carbocycles. The van der Waals surface area contributed by atoms with Gasteiger partial charge in [0.1, 0.15) is 0 Å². The number of aromatic nitrogens is 2. The average Bonchev–Trinajstić information content (AvgIpc) is 2.87. The average molecular weight is 251 g/mol. The van der Waals surface area contributed by atoms with Crippen LogP contribution in [0.15, 0.2) is 6.20 Å². The van der Waals surface area contributed by atoms with Crippen molar-refractivity contribution in [2.75, 3.05) is 13.7 Å². The molecule has 0 aliphatic carbocycles. The van der Waals surface area contributed by atoms with Crippen molar-refractivity contribution in [1.29, 1.82) is 0 Å². The highest BCUT2D eigenvalue weighted by Gasteiger charge is 2.35. The van der Waals surface area contributed by atoms with Crippen molar-refractivity contribution in [1.82, 2.24) is 14.7 Å². The van der Waals surface area contributed by atoms with Crippen molar-refractivity contribution in [3.8, 4) is 0 Å². The highest BCUT2D eigenvalue weighted by molar-refractivity contribution is 5.86. The van der Waals surface area contributed by atoms with E-state index in [0.29, 0.717) is 13.1 Å². The summed E-state index contributed by atoms with van der Waals surface area (Å²) in [4.78, 5) is 24.9. The highest BCUT2D eigenvalue weighted by atomic mass is 16.5. The molecule has 1 atom stereocenters. The number of nitrogens with zero attached hydrogens (tertiary/aromatic N) is 3. The summed E-state index contributed by atoms with van der Waals surface area (Å²) in [6.07, 6.45) is 2.00. The molecule has 0 N–H and O–H groups in total. The van der Waals surface area contributed by atoms with Crippen LogP contribution in [0, 0.1) is 12.8 Å². The summed E-state index contributed by atoms with van der Waals surface area (Å²) in [6, 6.07) is 0. The number of ether oxygens (including phenoxy) is 1. The number of amides is 1. The van der Waals surface area contributed by atoms with Gasteiger partial charge in [0.2, 0.25) is 5.91 Å². The molecule has 6 heteroatoms. The van der Waals surface area contributed by atoms with Gasteiger partial charge >= 0.3 is 5.97 Å². The second kappa shape index (κ2) is 4.80. The van der Waals surface area contributed by atoms with E-state index in [0.717, 1.165) is 11.3 Å². The van der Waals surface area contributed by atoms with Crippen LogP contribution in [0.3, 0.4) is 0 Å². The van der Waals surface area contributed by atoms with Gasteiger partial charge in [-0.3, -0.25) is 14.3 Å². The summed E-state index contributed by atoms with van der Waals surface area (Å²) in [7, 11) is 3.21. The Kier molecular flexibility index (Phi) is 3.36. The SMILES string of the molecule is COC(=O)C1CC(=O)N(Cc2cnn(C)c2C)C1. The summed E-state index contributed by atoms with van der Waals surface area (Å²) >= 11 is 0. The zero-order chi connectivity index (χ0) is 13.3. The van der Waals surface area contributed by atoms with E-state index in [9.17, 15) is 9.59 Å². The highest BCUT2D eigenvalue weighted by Crippen LogP contribution is 2.21. The number of carbonyl (C=O) groups is 2. The molecule has 1 aliphatic heterocycles. The lowest BCUT2D eigenvalue weighted by Crippen LogP contribution is -2.26. The zero-order valence-electron chi connectivity index (χ0n) is 10.8. The number of hydrogen-bond donors (Lipinski definition) is 0. The van der Waals surface area contributed by atoms with Crippen molar-refractivity contribution >= 4 is 11.9 Å². The van der Waals surface area contributed by atoms with Gasteiger partial charge < -0.3 is 9.64 Å². The maximum atomic E-state index is 11.8. The quantitative estimate of drug-likeness (QED) is 0.722. The first-order chi connectivity index (χ1) is 8.52. The van der Waals surface area contributed by atoms with E-state index >= 15 is 0 Å². The molecule has 98 valence electrons. The van der Waals surface area contributed by atoms with Gasteiger partial charge in [-0.2, -0.15) is 5.10 Å². The summed E-state index contributed by atoms with van der Waals surface area (Å²) in [5.74, 6) is -0.651. The molecule has 1 fully saturated rings. The smallest absolute Gasteiger partial charge is 0.310 e. The molecule has 18 heavy (non-hydrogen) atoms. The van der Waals surface area contributed by atoms with Gasteiger partial charge in [0.25, 0.3) is 0 Å². The molecule has 0 saturated carbocycles. The van der Waals surface area contributed by atoms with Gasteiger partial charge in [0.15, 0.2) is 0 Å². The largest absolute Gasteiger partial charge is 0.469 e. The molecule has 0 bridgehead atoms. The molecule has 1 aliphatic rings. The molecular formula is C12H17N3O3. The Morgan fingerprint density at radius 3 is 2.89 bits per heavy atom. The zero-order valence-corrected chi connectivity index (χ0v) is 10.8. The number of aryl methyl sites for hydroxylation is 1. The van der Waals surface area contributed by atoms with Crippen LogP contribution in [0.2, 0.25) is 0 Å². The normalized spacial score (nSPS) is 19.4. The first-order valence-electron chi connectivity index (χ1n) is 5.86. The third-order valence-corrected chi connectivity index (χ3v) is 3.45. The first kappa shape index (κ1) is 12.6. The molecule has 1 unspecified atom stereocenters. The van der Waals surface area contributed by atoms with E-state index in [1.807, 2.05) is 14.0 Å². The predicted octanol–water partition coefficient (Wildman–Crippen LogP) is 0.250. The second-order valence-electron chi connectivity index (χ2n) is 4.58. The van der Waals surface area contributed by atoms with Crippen molar-refractivity contribution in [2.45, 2.75) is 19.9 Å². The van der Waals surface area contributed by atoms with Crippen LogP contribution in [0.4, 0.5) is 0 Å². The number of carbonyl (C=O) groups excluding carboxylic acids is 2. The van der Waals surface area contributed by atoms with Gasteiger partial charge in [0, 0.05) is 37.8 Å². The fourth-order valence-electron chi connectivity index (χ4n) is 2.15. The monoisotopic (exact) mass is 251 g/mol. The minimum atomic E-state index is -0.334. The Labute approximate surface area is 106 Å². The van der Waals surface area contributed by atoms with E-state index in [-0.39, 0.29) is 24.2 Å². The first-order valence-corrected chi connectivity index (χ1v) is 5.86. The molecule has 1 aromatic heterocycles. The topological polar surface area (TPSA) is 64.4 Å². The number of methoxy groups -OCH3 is 1. The van der Waals surface area contributed by atoms with E-state index in [1.165, 1.54) is 7.11 Å². The van der Waals surface area contributed by atoms with Gasteiger partial charge in [-0.1, -0.05) is 0 Å². The van der Waals surface area contributed by atoms with Crippen LogP contribution < -0.4 is 0 Å². The molecule has 0 spiro atoms. The Morgan fingerprint density at radius 2 is 2.33 bits per heavy atom. The predicted molar refractivity (Wildman–Crippen MR) is 63.5 cm³/mol. The summed E-state index contributed by atoms with van der Waals surface area (Å²) in [5.41, 5.74) is 2.04. The Balaban J connectivity index is 2.05. The van der Waals surface area contributed by atoms with Crippen LogP contribution in [0.25, 0.3) is 0 Å². The molecule has 2 rings (SSSR count). The molecule has 6 nitrogen and oxygen atoms in total. The number of likely N-dealkylation sites (tertiary alicyclic amines) is 1. The standard InChI is InChI=1S/C12H17N3O3/c1-8-10(5-13-14(8)2)7-15-6-9(4-11(15)16)12(17)18-3/h5,9H,4,6-7H2,1-3H3. The van der Waals surface area contributed by atoms with E-state index in [2.05, 4.69) is 9.84 Å². The fraction of sp³-hybridized carbons (Fsp3) is 0.583. The summed E-state index contributed by atoms with van der Waals surface area (Å²) in [5, 5.41) is 4.14. The lowest BCUT2D eigenvalue weighted by molar-refractivity contribution is -0.145.